The first-order chi connectivity index (χ1) is 16.9. The highest BCUT2D eigenvalue weighted by Crippen LogP contribution is 2.67. The summed E-state index contributed by atoms with van der Waals surface area (Å²) in [5, 5.41) is 49.0. The third kappa shape index (κ3) is 3.99. The minimum atomic E-state index is -1.54. The molecule has 36 heavy (non-hydrogen) atoms. The largest absolute Gasteiger partial charge is 0.507 e. The lowest BCUT2D eigenvalue weighted by atomic mass is 9.45. The van der Waals surface area contributed by atoms with Crippen LogP contribution >= 0.6 is 0 Å². The van der Waals surface area contributed by atoms with Crippen molar-refractivity contribution in [3.63, 3.8) is 0 Å². The molecule has 1 aromatic rings. The highest BCUT2D eigenvalue weighted by molar-refractivity contribution is 5.92. The van der Waals surface area contributed by atoms with Gasteiger partial charge in [-0.05, 0) is 79.9 Å². The van der Waals surface area contributed by atoms with Crippen molar-refractivity contribution in [2.75, 3.05) is 6.61 Å². The monoisotopic (exact) mass is 500 g/mol. The van der Waals surface area contributed by atoms with Gasteiger partial charge in [-0.25, -0.2) is 4.79 Å². The number of phenols is 1. The molecule has 8 heteroatoms. The number of carbonyl (C=O) groups is 3. The van der Waals surface area contributed by atoms with Gasteiger partial charge in [-0.3, -0.25) is 9.59 Å². The number of hydrogen-bond donors (Lipinski definition) is 5. The molecule has 1 aromatic carbocycles. The number of carbonyl (C=O) groups excluding carboxylic acids is 2. The van der Waals surface area contributed by atoms with E-state index in [0.29, 0.717) is 19.3 Å². The summed E-state index contributed by atoms with van der Waals surface area (Å²) in [6.45, 7) is 3.46. The number of aliphatic hydroxyl groups excluding tert-OH is 2. The zero-order chi connectivity index (χ0) is 26.5. The molecule has 0 unspecified atom stereocenters. The van der Waals surface area contributed by atoms with Gasteiger partial charge in [0.05, 0.1) is 6.10 Å². The second kappa shape index (κ2) is 9.39. The van der Waals surface area contributed by atoms with Crippen LogP contribution in [-0.2, 0) is 9.59 Å². The van der Waals surface area contributed by atoms with E-state index in [-0.39, 0.29) is 40.3 Å². The number of carboxylic acid groups (broad SMARTS) is 1. The number of rotatable bonds is 3. The Balaban J connectivity index is 0.000000256. The summed E-state index contributed by atoms with van der Waals surface area (Å²) in [4.78, 5) is 34.5. The van der Waals surface area contributed by atoms with Crippen LogP contribution < -0.4 is 0 Å². The fourth-order valence-electron chi connectivity index (χ4n) is 7.94. The Morgan fingerprint density at radius 3 is 2.39 bits per heavy atom. The van der Waals surface area contributed by atoms with Crippen molar-refractivity contribution in [3.8, 4) is 5.75 Å². The zero-order valence-electron chi connectivity index (χ0n) is 20.8. The minimum absolute atomic E-state index is 0.0671. The van der Waals surface area contributed by atoms with Gasteiger partial charge < -0.3 is 25.5 Å². The SMILES string of the molecule is C[C@]12CCC(=O)C=C1CC[C@@H]1[C@@H]2[C@@H](O)C[C@@]2(C)[C@H]1CC[C@]2(O)C(=O)CO.O=C(O)c1ccccc1O. The van der Waals surface area contributed by atoms with Gasteiger partial charge in [0.15, 0.2) is 11.6 Å². The van der Waals surface area contributed by atoms with Crippen molar-refractivity contribution in [2.45, 2.75) is 70.5 Å². The Morgan fingerprint density at radius 2 is 1.78 bits per heavy atom. The summed E-state index contributed by atoms with van der Waals surface area (Å²) in [5.74, 6) is -1.17. The van der Waals surface area contributed by atoms with E-state index in [2.05, 4.69) is 6.92 Å². The van der Waals surface area contributed by atoms with Crippen LogP contribution in [0.2, 0.25) is 0 Å². The number of ketones is 2. The molecule has 8 nitrogen and oxygen atoms in total. The van der Waals surface area contributed by atoms with Gasteiger partial charge >= 0.3 is 5.97 Å². The minimum Gasteiger partial charge on any atom is -0.507 e. The molecule has 7 atom stereocenters. The van der Waals surface area contributed by atoms with E-state index < -0.39 is 35.5 Å². The molecular weight excluding hydrogens is 464 g/mol. The first-order valence-corrected chi connectivity index (χ1v) is 12.7. The number of para-hydroxylation sites is 1. The van der Waals surface area contributed by atoms with Gasteiger partial charge in [0.2, 0.25) is 0 Å². The van der Waals surface area contributed by atoms with Crippen molar-refractivity contribution in [1.29, 1.82) is 0 Å². The lowest BCUT2D eigenvalue weighted by Crippen LogP contribution is -2.62. The van der Waals surface area contributed by atoms with Crippen LogP contribution in [0.4, 0.5) is 0 Å². The first-order valence-electron chi connectivity index (χ1n) is 12.7. The van der Waals surface area contributed by atoms with E-state index in [1.54, 1.807) is 18.2 Å². The van der Waals surface area contributed by atoms with E-state index in [1.165, 1.54) is 17.7 Å². The molecule has 0 amide bonds. The van der Waals surface area contributed by atoms with E-state index in [0.717, 1.165) is 25.7 Å². The lowest BCUT2D eigenvalue weighted by molar-refractivity contribution is -0.182. The standard InChI is InChI=1S/C21H30O5.C7H6O3/c1-19-7-5-13(23)9-12(19)3-4-14-15-6-8-21(26,17(25)11-22)20(15,2)10-16(24)18(14)19;8-6-4-2-1-3-5(6)7(9)10/h9,14-16,18,22,24,26H,3-8,10-11H2,1-2H3;1-4,8H,(H,9,10)/t14-,15-,16-,18+,19-,20-,21-;/m0./s1. The molecule has 4 aliphatic carbocycles. The molecule has 0 aliphatic heterocycles. The Bertz CT molecular complexity index is 1090. The van der Waals surface area contributed by atoms with Gasteiger partial charge in [0, 0.05) is 11.8 Å². The van der Waals surface area contributed by atoms with Crippen LogP contribution in [-0.4, -0.2) is 61.4 Å². The Labute approximate surface area is 210 Å². The molecule has 5 rings (SSSR count). The lowest BCUT2D eigenvalue weighted by Gasteiger charge is -2.60. The van der Waals surface area contributed by atoms with Crippen molar-refractivity contribution in [1.82, 2.24) is 0 Å². The molecule has 0 radical (unpaired) electrons. The topological polar surface area (TPSA) is 152 Å². The zero-order valence-corrected chi connectivity index (χ0v) is 20.8. The van der Waals surface area contributed by atoms with E-state index >= 15 is 0 Å². The summed E-state index contributed by atoms with van der Waals surface area (Å²) in [6, 6.07) is 5.81. The summed E-state index contributed by atoms with van der Waals surface area (Å²) < 4.78 is 0. The Morgan fingerprint density at radius 1 is 1.08 bits per heavy atom. The summed E-state index contributed by atoms with van der Waals surface area (Å²) in [7, 11) is 0. The summed E-state index contributed by atoms with van der Waals surface area (Å²) in [5.41, 5.74) is -1.30. The van der Waals surface area contributed by atoms with Crippen molar-refractivity contribution >= 4 is 17.5 Å². The fourth-order valence-corrected chi connectivity index (χ4v) is 7.94. The first kappa shape index (κ1) is 26.5. The van der Waals surface area contributed by atoms with E-state index in [9.17, 15) is 29.7 Å². The fraction of sp³-hybridized carbons (Fsp3) is 0.607. The van der Waals surface area contributed by atoms with Crippen LogP contribution in [0.1, 0.15) is 69.2 Å². The molecule has 0 spiro atoms. The third-order valence-electron chi connectivity index (χ3n) is 9.79. The maximum atomic E-state index is 12.4. The smallest absolute Gasteiger partial charge is 0.339 e. The number of fused-ring (bicyclic) bond motifs is 5. The second-order valence-electron chi connectivity index (χ2n) is 11.4. The highest BCUT2D eigenvalue weighted by atomic mass is 16.4. The predicted octanol–water partition coefficient (Wildman–Crippen LogP) is 2.87. The Kier molecular flexibility index (Phi) is 6.92. The van der Waals surface area contributed by atoms with Gasteiger partial charge in [-0.1, -0.05) is 31.6 Å². The molecule has 5 N–H and O–H groups in total. The van der Waals surface area contributed by atoms with Crippen molar-refractivity contribution in [2.24, 2.45) is 28.6 Å². The van der Waals surface area contributed by atoms with Gasteiger partial charge in [0.1, 0.15) is 23.5 Å². The van der Waals surface area contributed by atoms with Crippen molar-refractivity contribution in [3.05, 3.63) is 41.5 Å². The molecule has 196 valence electrons. The third-order valence-corrected chi connectivity index (χ3v) is 9.79. The Hall–Kier alpha value is -2.55. The number of allylic oxidation sites excluding steroid dienone is 1. The predicted molar refractivity (Wildman–Crippen MR) is 130 cm³/mol. The molecule has 4 aliphatic rings. The average Bonchev–Trinajstić information content (AvgIpc) is 3.10. The number of hydrogen-bond acceptors (Lipinski definition) is 7. The number of benzene rings is 1. The number of aromatic hydroxyl groups is 1. The van der Waals surface area contributed by atoms with E-state index in [4.69, 9.17) is 10.2 Å². The van der Waals surface area contributed by atoms with Crippen LogP contribution in [0, 0.1) is 28.6 Å². The maximum absolute atomic E-state index is 12.4. The number of Topliss-reactive ketones (excluding diaryl/α,β-unsaturated/α-hetero) is 1. The molecular formula is C28H36O8. The van der Waals surface area contributed by atoms with Gasteiger partial charge in [0.25, 0.3) is 0 Å². The van der Waals surface area contributed by atoms with Crippen molar-refractivity contribution < 1.29 is 39.9 Å². The summed E-state index contributed by atoms with van der Waals surface area (Å²) >= 11 is 0. The molecule has 0 saturated heterocycles. The highest BCUT2D eigenvalue weighted by Gasteiger charge is 2.68. The number of aliphatic hydroxyl groups is 3. The molecule has 0 heterocycles. The number of carboxylic acids is 1. The molecule has 0 bridgehead atoms. The second-order valence-corrected chi connectivity index (χ2v) is 11.4. The van der Waals surface area contributed by atoms with Crippen LogP contribution in [0.5, 0.6) is 5.75 Å². The number of aromatic carboxylic acids is 1. The quantitative estimate of drug-likeness (QED) is 0.425. The van der Waals surface area contributed by atoms with Gasteiger partial charge in [-0.2, -0.15) is 0 Å². The van der Waals surface area contributed by atoms with Crippen LogP contribution in [0.25, 0.3) is 0 Å². The summed E-state index contributed by atoms with van der Waals surface area (Å²) in [6.07, 6.45) is 5.74. The average molecular weight is 501 g/mol. The van der Waals surface area contributed by atoms with Gasteiger partial charge in [-0.15, -0.1) is 0 Å². The normalized spacial score (nSPS) is 39.0. The molecule has 0 aromatic heterocycles. The maximum Gasteiger partial charge on any atom is 0.339 e. The molecule has 3 fully saturated rings. The van der Waals surface area contributed by atoms with E-state index in [1.807, 2.05) is 6.92 Å². The van der Waals surface area contributed by atoms with Crippen LogP contribution in [0.15, 0.2) is 35.9 Å². The molecule has 3 saturated carbocycles. The van der Waals surface area contributed by atoms with Crippen LogP contribution in [0.3, 0.4) is 0 Å².